The highest BCUT2D eigenvalue weighted by atomic mass is 16.7. The maximum atomic E-state index is 12.8. The van der Waals surface area contributed by atoms with E-state index in [0.29, 0.717) is 24.9 Å². The van der Waals surface area contributed by atoms with Gasteiger partial charge in [-0.05, 0) is 74.5 Å². The number of furan rings is 1. The smallest absolute Gasteiger partial charge is 0.464 e. The lowest BCUT2D eigenvalue weighted by molar-refractivity contribution is -0.199. The summed E-state index contributed by atoms with van der Waals surface area (Å²) in [5, 5.41) is 7.49. The molecule has 1 aromatic heterocycles. The van der Waals surface area contributed by atoms with Crippen LogP contribution in [0.1, 0.15) is 52.0 Å². The highest BCUT2D eigenvalue weighted by Gasteiger charge is 2.68. The van der Waals surface area contributed by atoms with Gasteiger partial charge in [0.25, 0.3) is 0 Å². The van der Waals surface area contributed by atoms with Gasteiger partial charge in [0, 0.05) is 11.4 Å². The summed E-state index contributed by atoms with van der Waals surface area (Å²) in [7, 11) is -0.532. The summed E-state index contributed by atoms with van der Waals surface area (Å²) in [6.07, 6.45) is 6.29. The van der Waals surface area contributed by atoms with Crippen molar-refractivity contribution in [2.75, 3.05) is 13.2 Å². The van der Waals surface area contributed by atoms with Crippen LogP contribution in [-0.2, 0) is 20.5 Å². The summed E-state index contributed by atoms with van der Waals surface area (Å²) in [4.78, 5) is 12.8. The molecular formula is C26H35BN2O5. The molecule has 182 valence electrons. The summed E-state index contributed by atoms with van der Waals surface area (Å²) in [6.45, 7) is 8.26. The van der Waals surface area contributed by atoms with Crippen LogP contribution >= 0.6 is 0 Å². The second kappa shape index (κ2) is 8.28. The van der Waals surface area contributed by atoms with Gasteiger partial charge < -0.3 is 29.1 Å². The minimum Gasteiger partial charge on any atom is -0.464 e. The number of rotatable bonds is 6. The molecule has 8 heteroatoms. The normalized spacial score (nSPS) is 34.5. The maximum Gasteiger partial charge on any atom is 0.482 e. The van der Waals surface area contributed by atoms with Crippen molar-refractivity contribution in [3.05, 3.63) is 36.1 Å². The number of amides is 1. The maximum absolute atomic E-state index is 12.8. The summed E-state index contributed by atoms with van der Waals surface area (Å²) in [6, 6.07) is 8.20. The van der Waals surface area contributed by atoms with E-state index in [4.69, 9.17) is 18.5 Å². The third kappa shape index (κ3) is 3.66. The van der Waals surface area contributed by atoms with E-state index in [1.165, 1.54) is 6.42 Å². The van der Waals surface area contributed by atoms with Gasteiger partial charge in [0.05, 0.1) is 23.9 Å². The zero-order chi connectivity index (χ0) is 23.5. The Kier molecular flexibility index (Phi) is 5.46. The molecule has 7 nitrogen and oxygen atoms in total. The first-order valence-electron chi connectivity index (χ1n) is 12.8. The van der Waals surface area contributed by atoms with E-state index in [2.05, 4.69) is 31.4 Å². The Balaban J connectivity index is 1.21. The van der Waals surface area contributed by atoms with Gasteiger partial charge in [-0.3, -0.25) is 0 Å². The van der Waals surface area contributed by atoms with Crippen molar-refractivity contribution in [2.45, 2.75) is 76.6 Å². The first-order chi connectivity index (χ1) is 16.3. The average Bonchev–Trinajstić information content (AvgIpc) is 3.55. The van der Waals surface area contributed by atoms with Gasteiger partial charge in [-0.1, -0.05) is 32.0 Å². The van der Waals surface area contributed by atoms with Crippen molar-refractivity contribution < 1.29 is 23.3 Å². The molecule has 3 heterocycles. The molecule has 0 spiro atoms. The molecule has 7 rings (SSSR count). The number of benzene rings is 1. The van der Waals surface area contributed by atoms with Crippen LogP contribution < -0.4 is 10.6 Å². The number of hydrogen-bond acceptors (Lipinski definition) is 6. The number of para-hydroxylation sites is 1. The van der Waals surface area contributed by atoms with Crippen LogP contribution in [-0.4, -0.2) is 50.1 Å². The molecule has 1 amide bonds. The zero-order valence-corrected chi connectivity index (χ0v) is 20.3. The minimum absolute atomic E-state index is 0.0541. The molecule has 6 atom stereocenters. The predicted octanol–water partition coefficient (Wildman–Crippen LogP) is 4.09. The Morgan fingerprint density at radius 2 is 2.15 bits per heavy atom. The van der Waals surface area contributed by atoms with E-state index in [9.17, 15) is 4.79 Å². The third-order valence-electron chi connectivity index (χ3n) is 9.18. The molecule has 5 fully saturated rings. The quantitative estimate of drug-likeness (QED) is 0.625. The standard InChI is InChI=1S/C26H35BN2O5/c1-25(2)17-12-21(25)26(3)22(13-17)33-27(34-26)23(29-24(30)32-15-18-7-6-10-28-18)11-16-14-31-20-9-5-4-8-19(16)20/h4-5,8-9,14,17-18,21-23,28H,6-7,10-13,15H2,1-3H3,(H,29,30)/t17?,18?,21?,22?,23?,26-/m0/s1. The van der Waals surface area contributed by atoms with Crippen molar-refractivity contribution in [3.63, 3.8) is 0 Å². The number of fused-ring (bicyclic) bond motifs is 1. The van der Waals surface area contributed by atoms with Crippen LogP contribution in [0.2, 0.25) is 0 Å². The zero-order valence-electron chi connectivity index (χ0n) is 20.3. The molecule has 2 saturated heterocycles. The Bertz CT molecular complexity index is 1070. The van der Waals surface area contributed by atoms with E-state index in [1.807, 2.05) is 24.3 Å². The van der Waals surface area contributed by atoms with E-state index < -0.39 is 13.2 Å². The fourth-order valence-electron chi connectivity index (χ4n) is 6.98. The molecule has 2 aliphatic heterocycles. The fourth-order valence-corrected chi connectivity index (χ4v) is 6.98. The summed E-state index contributed by atoms with van der Waals surface area (Å²) in [5.41, 5.74) is 1.79. The van der Waals surface area contributed by atoms with Crippen LogP contribution in [0.25, 0.3) is 11.0 Å². The van der Waals surface area contributed by atoms with Crippen LogP contribution in [0.4, 0.5) is 4.79 Å². The number of carbonyl (C=O) groups is 1. The van der Waals surface area contributed by atoms with E-state index in [0.717, 1.165) is 42.3 Å². The highest BCUT2D eigenvalue weighted by molar-refractivity contribution is 6.48. The number of hydrogen-bond donors (Lipinski definition) is 2. The molecule has 2 bridgehead atoms. The van der Waals surface area contributed by atoms with E-state index in [-0.39, 0.29) is 29.1 Å². The van der Waals surface area contributed by atoms with Crippen LogP contribution in [0.5, 0.6) is 0 Å². The summed E-state index contributed by atoms with van der Waals surface area (Å²) < 4.78 is 24.6. The van der Waals surface area contributed by atoms with Gasteiger partial charge in [-0.15, -0.1) is 0 Å². The van der Waals surface area contributed by atoms with Gasteiger partial charge in [0.15, 0.2) is 0 Å². The van der Waals surface area contributed by atoms with Crippen LogP contribution in [0, 0.1) is 17.3 Å². The van der Waals surface area contributed by atoms with Crippen molar-refractivity contribution in [3.8, 4) is 0 Å². The van der Waals surface area contributed by atoms with Crippen molar-refractivity contribution in [2.24, 2.45) is 17.3 Å². The Labute approximate surface area is 201 Å². The fraction of sp³-hybridized carbons (Fsp3) is 0.654. The third-order valence-corrected chi connectivity index (χ3v) is 9.18. The Hall–Kier alpha value is -2.03. The lowest BCUT2D eigenvalue weighted by atomic mass is 9.43. The topological polar surface area (TPSA) is 82.0 Å². The predicted molar refractivity (Wildman–Crippen MR) is 129 cm³/mol. The largest absolute Gasteiger partial charge is 0.482 e. The lowest BCUT2D eigenvalue weighted by Crippen LogP contribution is -2.65. The molecule has 5 unspecified atom stereocenters. The molecule has 0 radical (unpaired) electrons. The molecule has 1 aromatic carbocycles. The Morgan fingerprint density at radius 3 is 2.94 bits per heavy atom. The van der Waals surface area contributed by atoms with Gasteiger partial charge >= 0.3 is 13.2 Å². The molecule has 3 saturated carbocycles. The number of nitrogens with one attached hydrogen (secondary N) is 2. The lowest BCUT2D eigenvalue weighted by Gasteiger charge is -2.64. The average molecular weight is 466 g/mol. The van der Waals surface area contributed by atoms with Gasteiger partial charge in [-0.25, -0.2) is 4.79 Å². The Morgan fingerprint density at radius 1 is 1.29 bits per heavy atom. The van der Waals surface area contributed by atoms with Crippen molar-refractivity contribution in [1.29, 1.82) is 0 Å². The first-order valence-corrected chi connectivity index (χ1v) is 12.8. The molecule has 34 heavy (non-hydrogen) atoms. The van der Waals surface area contributed by atoms with Gasteiger partial charge in [0.1, 0.15) is 12.2 Å². The molecule has 2 aromatic rings. The van der Waals surface area contributed by atoms with Gasteiger partial charge in [-0.2, -0.15) is 0 Å². The monoisotopic (exact) mass is 466 g/mol. The minimum atomic E-state index is -0.532. The van der Waals surface area contributed by atoms with Crippen LogP contribution in [0.15, 0.2) is 34.9 Å². The van der Waals surface area contributed by atoms with E-state index in [1.54, 1.807) is 6.26 Å². The molecule has 3 aliphatic carbocycles. The SMILES string of the molecule is CC1(C)C2CC3OB(C(Cc4coc5ccccc45)NC(=O)OCC4CCCN4)O[C@@]3(C)C1C2. The first kappa shape index (κ1) is 22.4. The molecule has 2 N–H and O–H groups in total. The van der Waals surface area contributed by atoms with Gasteiger partial charge in [0.2, 0.25) is 0 Å². The molecule has 5 aliphatic rings. The molecular weight excluding hydrogens is 431 g/mol. The number of carbonyl (C=O) groups excluding carboxylic acids is 1. The second-order valence-electron chi connectivity index (χ2n) is 11.4. The van der Waals surface area contributed by atoms with Crippen LogP contribution in [0.3, 0.4) is 0 Å². The van der Waals surface area contributed by atoms with Crippen molar-refractivity contribution in [1.82, 2.24) is 10.6 Å². The number of alkyl carbamates (subject to hydrolysis) is 1. The summed E-state index contributed by atoms with van der Waals surface area (Å²) >= 11 is 0. The summed E-state index contributed by atoms with van der Waals surface area (Å²) in [5.74, 6) is 0.753. The van der Waals surface area contributed by atoms with Crippen molar-refractivity contribution >= 4 is 24.2 Å². The van der Waals surface area contributed by atoms with E-state index >= 15 is 0 Å². The number of ether oxygens (including phenoxy) is 1. The highest BCUT2D eigenvalue weighted by Crippen LogP contribution is 2.65. The second-order valence-corrected chi connectivity index (χ2v) is 11.4.